The molecule has 0 saturated heterocycles. The average molecular weight is 289 g/mol. The maximum Gasteiger partial charge on any atom is 0.208 e. The number of hydrogen-bond donors (Lipinski definition) is 1. The highest BCUT2D eigenvalue weighted by Gasteiger charge is 2.01. The zero-order valence-electron chi connectivity index (χ0n) is 11.8. The van der Waals surface area contributed by atoms with Crippen LogP contribution in [0.2, 0.25) is 0 Å². The molecule has 0 saturated carbocycles. The molecule has 0 aliphatic rings. The summed E-state index contributed by atoms with van der Waals surface area (Å²) in [4.78, 5) is 0. The first-order chi connectivity index (χ1) is 9.44. The van der Waals surface area contributed by atoms with E-state index in [1.54, 1.807) is 0 Å². The van der Waals surface area contributed by atoms with Gasteiger partial charge in [-0.2, -0.15) is 0 Å². The number of benzene rings is 2. The number of rotatable bonds is 5. The second kappa shape index (κ2) is 6.20. The lowest BCUT2D eigenvalue weighted by atomic mass is 10.0. The summed E-state index contributed by atoms with van der Waals surface area (Å²) in [5, 5.41) is 0. The smallest absolute Gasteiger partial charge is 0.208 e. The van der Waals surface area contributed by atoms with Gasteiger partial charge in [0.1, 0.15) is 0 Å². The number of hydrogen-bond acceptors (Lipinski definition) is 2. The normalized spacial score (nSPS) is 11.5. The molecule has 20 heavy (non-hydrogen) atoms. The van der Waals surface area contributed by atoms with Crippen molar-refractivity contribution in [3.05, 3.63) is 59.7 Å². The van der Waals surface area contributed by atoms with Crippen molar-refractivity contribution in [2.75, 3.05) is 12.8 Å². The molecule has 4 heteroatoms. The highest BCUT2D eigenvalue weighted by Crippen LogP contribution is 2.20. The average Bonchev–Trinajstić information content (AvgIpc) is 2.39. The van der Waals surface area contributed by atoms with Gasteiger partial charge in [0.2, 0.25) is 10.0 Å². The SMILES string of the molecule is Cc1ccc(-c2ccc(CCNS(C)(=O)=O)cc2)cc1. The zero-order valence-corrected chi connectivity index (χ0v) is 12.6. The first-order valence-corrected chi connectivity index (χ1v) is 8.44. The maximum absolute atomic E-state index is 11.0. The van der Waals surface area contributed by atoms with Gasteiger partial charge in [0.15, 0.2) is 0 Å². The summed E-state index contributed by atoms with van der Waals surface area (Å²) in [7, 11) is -3.10. The molecular formula is C16H19NO2S. The van der Waals surface area contributed by atoms with Gasteiger partial charge in [-0.15, -0.1) is 0 Å². The van der Waals surface area contributed by atoms with Crippen molar-refractivity contribution in [2.24, 2.45) is 0 Å². The molecule has 2 rings (SSSR count). The summed E-state index contributed by atoms with van der Waals surface area (Å²) in [5.74, 6) is 0. The van der Waals surface area contributed by atoms with Crippen LogP contribution in [0.3, 0.4) is 0 Å². The van der Waals surface area contributed by atoms with E-state index < -0.39 is 10.0 Å². The number of sulfonamides is 1. The quantitative estimate of drug-likeness (QED) is 0.920. The summed E-state index contributed by atoms with van der Waals surface area (Å²) >= 11 is 0. The van der Waals surface area contributed by atoms with E-state index in [0.717, 1.165) is 5.56 Å². The van der Waals surface area contributed by atoms with E-state index in [4.69, 9.17) is 0 Å². The topological polar surface area (TPSA) is 46.2 Å². The van der Waals surface area contributed by atoms with Gasteiger partial charge in [0.25, 0.3) is 0 Å². The fourth-order valence-corrected chi connectivity index (χ4v) is 2.46. The molecule has 0 aliphatic heterocycles. The molecule has 0 unspecified atom stereocenters. The van der Waals surface area contributed by atoms with E-state index >= 15 is 0 Å². The molecule has 106 valence electrons. The van der Waals surface area contributed by atoms with E-state index in [1.165, 1.54) is 22.9 Å². The maximum atomic E-state index is 11.0. The van der Waals surface area contributed by atoms with Gasteiger partial charge in [-0.3, -0.25) is 0 Å². The number of aryl methyl sites for hydroxylation is 1. The second-order valence-corrected chi connectivity index (χ2v) is 6.81. The van der Waals surface area contributed by atoms with Crippen molar-refractivity contribution >= 4 is 10.0 Å². The van der Waals surface area contributed by atoms with Crippen molar-refractivity contribution in [3.8, 4) is 11.1 Å². The highest BCUT2D eigenvalue weighted by molar-refractivity contribution is 7.88. The van der Waals surface area contributed by atoms with Crippen LogP contribution in [-0.4, -0.2) is 21.2 Å². The Morgan fingerprint density at radius 1 is 0.900 bits per heavy atom. The summed E-state index contributed by atoms with van der Waals surface area (Å²) in [6.45, 7) is 2.50. The predicted molar refractivity (Wildman–Crippen MR) is 83.2 cm³/mol. The van der Waals surface area contributed by atoms with Crippen LogP contribution in [0.1, 0.15) is 11.1 Å². The van der Waals surface area contributed by atoms with E-state index in [2.05, 4.69) is 48.0 Å². The Kier molecular flexibility index (Phi) is 4.57. The van der Waals surface area contributed by atoms with Gasteiger partial charge < -0.3 is 0 Å². The Morgan fingerprint density at radius 2 is 1.40 bits per heavy atom. The third-order valence-electron chi connectivity index (χ3n) is 3.12. The van der Waals surface area contributed by atoms with Crippen LogP contribution >= 0.6 is 0 Å². The summed E-state index contributed by atoms with van der Waals surface area (Å²) < 4.78 is 24.4. The molecule has 2 aromatic carbocycles. The molecule has 0 aliphatic carbocycles. The molecule has 0 fully saturated rings. The highest BCUT2D eigenvalue weighted by atomic mass is 32.2. The van der Waals surface area contributed by atoms with E-state index in [9.17, 15) is 8.42 Å². The minimum absolute atomic E-state index is 0.433. The van der Waals surface area contributed by atoms with Crippen LogP contribution in [0.5, 0.6) is 0 Å². The van der Waals surface area contributed by atoms with E-state index in [1.807, 2.05) is 12.1 Å². The Hall–Kier alpha value is -1.65. The molecule has 0 spiro atoms. The molecule has 3 nitrogen and oxygen atoms in total. The molecule has 1 N–H and O–H groups in total. The minimum atomic E-state index is -3.10. The predicted octanol–water partition coefficient (Wildman–Crippen LogP) is 2.75. The van der Waals surface area contributed by atoms with Gasteiger partial charge in [0, 0.05) is 6.54 Å². The molecule has 0 atom stereocenters. The lowest BCUT2D eigenvalue weighted by molar-refractivity contribution is 0.588. The Bertz CT molecular complexity index is 659. The molecule has 0 aromatic heterocycles. The standard InChI is InChI=1S/C16H19NO2S/c1-13-3-7-15(8-4-13)16-9-5-14(6-10-16)11-12-17-20(2,18)19/h3-10,17H,11-12H2,1-2H3. The van der Waals surface area contributed by atoms with Crippen LogP contribution in [0.15, 0.2) is 48.5 Å². The van der Waals surface area contributed by atoms with Gasteiger partial charge in [-0.1, -0.05) is 54.1 Å². The molecule has 0 amide bonds. The summed E-state index contributed by atoms with van der Waals surface area (Å²) in [6.07, 6.45) is 1.87. The minimum Gasteiger partial charge on any atom is -0.215 e. The van der Waals surface area contributed by atoms with Crippen molar-refractivity contribution < 1.29 is 8.42 Å². The van der Waals surface area contributed by atoms with E-state index in [0.29, 0.717) is 13.0 Å². The van der Waals surface area contributed by atoms with Crippen LogP contribution in [0.4, 0.5) is 0 Å². The third kappa shape index (κ3) is 4.47. The molecular weight excluding hydrogens is 270 g/mol. The summed E-state index contributed by atoms with van der Waals surface area (Å²) in [5.41, 5.74) is 4.73. The fraction of sp³-hybridized carbons (Fsp3) is 0.250. The van der Waals surface area contributed by atoms with Crippen LogP contribution in [0, 0.1) is 6.92 Å². The van der Waals surface area contributed by atoms with Crippen molar-refractivity contribution in [2.45, 2.75) is 13.3 Å². The van der Waals surface area contributed by atoms with Crippen LogP contribution < -0.4 is 4.72 Å². The van der Waals surface area contributed by atoms with E-state index in [-0.39, 0.29) is 0 Å². The molecule has 0 heterocycles. The van der Waals surface area contributed by atoms with Crippen molar-refractivity contribution in [3.63, 3.8) is 0 Å². The lowest BCUT2D eigenvalue weighted by Crippen LogP contribution is -2.24. The first-order valence-electron chi connectivity index (χ1n) is 6.55. The largest absolute Gasteiger partial charge is 0.215 e. The Labute approximate surface area is 120 Å². The van der Waals surface area contributed by atoms with Gasteiger partial charge >= 0.3 is 0 Å². The van der Waals surface area contributed by atoms with Crippen molar-refractivity contribution in [1.29, 1.82) is 0 Å². The van der Waals surface area contributed by atoms with Crippen LogP contribution in [0.25, 0.3) is 11.1 Å². The van der Waals surface area contributed by atoms with Crippen LogP contribution in [-0.2, 0) is 16.4 Å². The lowest BCUT2D eigenvalue weighted by Gasteiger charge is -2.06. The number of nitrogens with one attached hydrogen (secondary N) is 1. The zero-order chi connectivity index (χ0) is 14.6. The van der Waals surface area contributed by atoms with Gasteiger partial charge in [0.05, 0.1) is 6.26 Å². The Morgan fingerprint density at radius 3 is 1.90 bits per heavy atom. The molecule has 0 bridgehead atoms. The monoisotopic (exact) mass is 289 g/mol. The third-order valence-corrected chi connectivity index (χ3v) is 3.85. The Balaban J connectivity index is 2.01. The van der Waals surface area contributed by atoms with Gasteiger partial charge in [-0.25, -0.2) is 13.1 Å². The molecule has 0 radical (unpaired) electrons. The second-order valence-electron chi connectivity index (χ2n) is 4.98. The van der Waals surface area contributed by atoms with Crippen molar-refractivity contribution in [1.82, 2.24) is 4.72 Å². The summed E-state index contributed by atoms with van der Waals surface area (Å²) in [6, 6.07) is 16.6. The first kappa shape index (κ1) is 14.8. The van der Waals surface area contributed by atoms with Gasteiger partial charge in [-0.05, 0) is 30.0 Å². The molecule has 2 aromatic rings. The fourth-order valence-electron chi connectivity index (χ4n) is 1.99.